The molecule has 0 bridgehead atoms. The topological polar surface area (TPSA) is 119 Å². The smallest absolute Gasteiger partial charge is 0.187 e. The van der Waals surface area contributed by atoms with Crippen molar-refractivity contribution in [2.45, 2.75) is 28.3 Å². The Kier molecular flexibility index (Phi) is 6.67. The van der Waals surface area contributed by atoms with Crippen molar-refractivity contribution in [2.75, 3.05) is 5.75 Å². The van der Waals surface area contributed by atoms with Crippen molar-refractivity contribution in [2.24, 2.45) is 0 Å². The summed E-state index contributed by atoms with van der Waals surface area (Å²) < 4.78 is 61.6. The summed E-state index contributed by atoms with van der Waals surface area (Å²) in [7, 11) is -7.47. The van der Waals surface area contributed by atoms with Crippen LogP contribution in [0.2, 0.25) is 0 Å². The van der Waals surface area contributed by atoms with Crippen LogP contribution in [0.3, 0.4) is 0 Å². The highest BCUT2D eigenvalue weighted by atomic mass is 32.3. The highest BCUT2D eigenvalue weighted by Gasteiger charge is 2.47. The molecule has 5 rings (SSSR count). The van der Waals surface area contributed by atoms with Gasteiger partial charge in [-0.1, -0.05) is 30.3 Å². The Bertz CT molecular complexity index is 1450. The zero-order valence-corrected chi connectivity index (χ0v) is 20.7. The van der Waals surface area contributed by atoms with Crippen LogP contribution in [-0.4, -0.2) is 33.2 Å². The van der Waals surface area contributed by atoms with E-state index in [-0.39, 0.29) is 45.8 Å². The van der Waals surface area contributed by atoms with Gasteiger partial charge in [0.25, 0.3) is 0 Å². The van der Waals surface area contributed by atoms with E-state index in [0.717, 1.165) is 11.1 Å². The molecule has 1 aliphatic heterocycles. The normalized spacial score (nSPS) is 17.2. The second kappa shape index (κ2) is 9.90. The number of nitrogens with zero attached hydrogens (tertiary/aromatic N) is 2. The molecule has 1 atom stereocenters. The van der Waals surface area contributed by atoms with Crippen LogP contribution in [0.5, 0.6) is 11.5 Å². The number of pyridine rings is 2. The molecule has 2 aromatic heterocycles. The maximum Gasteiger partial charge on any atom is 0.187 e. The number of fused-ring (bicyclic) bond motifs is 1. The highest BCUT2D eigenvalue weighted by Crippen LogP contribution is 2.66. The van der Waals surface area contributed by atoms with Crippen molar-refractivity contribution in [3.05, 3.63) is 108 Å². The first-order valence-electron chi connectivity index (χ1n) is 11.1. The minimum Gasteiger partial charge on any atom is -0.488 e. The molecule has 1 unspecified atom stereocenters. The summed E-state index contributed by atoms with van der Waals surface area (Å²) in [4.78, 5) is 8.31. The number of sulfone groups is 1. The third-order valence-corrected chi connectivity index (χ3v) is 10.00. The SMILES string of the molecule is O=S(=O)(c1ccccc1)C1CS(O)(O)c2c(OCc3cccnc3)ccc(OCc3cccnc3)c21. The number of ether oxygens (including phenoxy) is 2. The van der Waals surface area contributed by atoms with Crippen LogP contribution in [-0.2, 0) is 23.1 Å². The number of hydrogen-bond donors (Lipinski definition) is 2. The van der Waals surface area contributed by atoms with Crippen LogP contribution in [0, 0.1) is 0 Å². The Morgan fingerprint density at radius 1 is 0.806 bits per heavy atom. The van der Waals surface area contributed by atoms with E-state index in [2.05, 4.69) is 9.97 Å². The third kappa shape index (κ3) is 4.80. The Morgan fingerprint density at radius 3 is 1.97 bits per heavy atom. The molecule has 0 fully saturated rings. The Balaban J connectivity index is 1.58. The molecule has 36 heavy (non-hydrogen) atoms. The predicted molar refractivity (Wildman–Crippen MR) is 136 cm³/mol. The van der Waals surface area contributed by atoms with Gasteiger partial charge in [-0.2, -0.15) is 10.6 Å². The Labute approximate surface area is 210 Å². The van der Waals surface area contributed by atoms with Gasteiger partial charge in [0.1, 0.15) is 34.9 Å². The molecule has 2 aromatic carbocycles. The number of aromatic nitrogens is 2. The lowest BCUT2D eigenvalue weighted by atomic mass is 10.1. The van der Waals surface area contributed by atoms with Gasteiger partial charge in [-0.05, 0) is 36.4 Å². The molecule has 4 aromatic rings. The summed E-state index contributed by atoms with van der Waals surface area (Å²) in [5, 5.41) is -1.22. The van der Waals surface area contributed by atoms with Crippen molar-refractivity contribution < 1.29 is 27.0 Å². The number of benzene rings is 2. The maximum atomic E-state index is 13.7. The molecule has 2 N–H and O–H groups in total. The third-order valence-electron chi connectivity index (χ3n) is 5.83. The first kappa shape index (κ1) is 24.3. The average Bonchev–Trinajstić information content (AvgIpc) is 3.21. The first-order chi connectivity index (χ1) is 17.4. The first-order valence-corrected chi connectivity index (χ1v) is 14.4. The van der Waals surface area contributed by atoms with Crippen LogP contribution in [0.25, 0.3) is 0 Å². The molecular weight excluding hydrogens is 500 g/mol. The van der Waals surface area contributed by atoms with Crippen LogP contribution in [0.15, 0.2) is 101 Å². The van der Waals surface area contributed by atoms with Gasteiger partial charge in [0, 0.05) is 41.5 Å². The van der Waals surface area contributed by atoms with Gasteiger partial charge in [0.2, 0.25) is 0 Å². The standard InChI is InChI=1S/C26H24N2O6S2/c29-35(30)18-24(36(31,32)21-8-2-1-3-9-21)25-22(33-16-19-6-4-12-27-14-19)10-11-23(26(25)35)34-17-20-7-5-13-28-15-20/h1-15,24,29-30H,16-18H2. The zero-order valence-electron chi connectivity index (χ0n) is 19.1. The zero-order chi connectivity index (χ0) is 25.2. The molecule has 8 nitrogen and oxygen atoms in total. The maximum absolute atomic E-state index is 13.7. The summed E-state index contributed by atoms with van der Waals surface area (Å²) >= 11 is 0. The highest BCUT2D eigenvalue weighted by molar-refractivity contribution is 8.25. The minimum absolute atomic E-state index is 0.0691. The molecule has 186 valence electrons. The van der Waals surface area contributed by atoms with Gasteiger partial charge in [-0.25, -0.2) is 8.42 Å². The van der Waals surface area contributed by atoms with E-state index in [9.17, 15) is 17.5 Å². The van der Waals surface area contributed by atoms with E-state index in [1.165, 1.54) is 12.1 Å². The molecule has 1 aliphatic rings. The Morgan fingerprint density at radius 2 is 1.39 bits per heavy atom. The predicted octanol–water partition coefficient (Wildman–Crippen LogP) is 5.27. The molecule has 0 saturated carbocycles. The van der Waals surface area contributed by atoms with E-state index >= 15 is 0 Å². The summed E-state index contributed by atoms with van der Waals surface area (Å²) in [5.41, 5.74) is 1.78. The number of rotatable bonds is 8. The quantitative estimate of drug-likeness (QED) is 0.320. The largest absolute Gasteiger partial charge is 0.488 e. The fourth-order valence-electron chi connectivity index (χ4n) is 4.13. The molecule has 0 aliphatic carbocycles. The molecule has 3 heterocycles. The second-order valence-electron chi connectivity index (χ2n) is 8.28. The van der Waals surface area contributed by atoms with Crippen LogP contribution < -0.4 is 9.47 Å². The fraction of sp³-hybridized carbons (Fsp3) is 0.154. The van der Waals surface area contributed by atoms with Crippen molar-refractivity contribution >= 4 is 20.4 Å². The molecule has 0 amide bonds. The van der Waals surface area contributed by atoms with Crippen LogP contribution in [0.1, 0.15) is 21.9 Å². The lowest BCUT2D eigenvalue weighted by Crippen LogP contribution is -2.16. The van der Waals surface area contributed by atoms with Gasteiger partial charge in [0.05, 0.1) is 10.6 Å². The monoisotopic (exact) mass is 524 g/mol. The van der Waals surface area contributed by atoms with E-state index in [0.29, 0.717) is 0 Å². The lowest BCUT2D eigenvalue weighted by molar-refractivity contribution is 0.286. The minimum atomic E-state index is -3.97. The van der Waals surface area contributed by atoms with Crippen molar-refractivity contribution in [3.8, 4) is 11.5 Å². The summed E-state index contributed by atoms with van der Waals surface area (Å²) in [5.74, 6) is 0.0775. The molecule has 10 heteroatoms. The second-order valence-corrected chi connectivity index (χ2v) is 12.5. The Hall–Kier alpha value is -3.44. The van der Waals surface area contributed by atoms with Crippen LogP contribution >= 0.6 is 10.6 Å². The van der Waals surface area contributed by atoms with Crippen LogP contribution in [0.4, 0.5) is 0 Å². The van der Waals surface area contributed by atoms with Crippen molar-refractivity contribution in [1.82, 2.24) is 9.97 Å². The van der Waals surface area contributed by atoms with Gasteiger partial charge < -0.3 is 9.47 Å². The van der Waals surface area contributed by atoms with E-state index in [4.69, 9.17) is 9.47 Å². The molecule has 0 saturated heterocycles. The summed E-state index contributed by atoms with van der Waals surface area (Å²) in [6.07, 6.45) is 6.59. The molecular formula is C26H24N2O6S2. The van der Waals surface area contributed by atoms with Gasteiger partial charge in [0.15, 0.2) is 9.84 Å². The average molecular weight is 525 g/mol. The molecule has 0 radical (unpaired) electrons. The summed E-state index contributed by atoms with van der Waals surface area (Å²) in [6, 6.07) is 18.4. The fourth-order valence-corrected chi connectivity index (χ4v) is 8.70. The molecule has 0 spiro atoms. The van der Waals surface area contributed by atoms with E-state index < -0.39 is 25.7 Å². The number of hydrogen-bond acceptors (Lipinski definition) is 8. The van der Waals surface area contributed by atoms with Gasteiger partial charge >= 0.3 is 0 Å². The van der Waals surface area contributed by atoms with E-state index in [1.807, 2.05) is 12.1 Å². The van der Waals surface area contributed by atoms with Gasteiger partial charge in [-0.15, -0.1) is 0 Å². The summed E-state index contributed by atoms with van der Waals surface area (Å²) in [6.45, 7) is 0.259. The van der Waals surface area contributed by atoms with Crippen molar-refractivity contribution in [3.63, 3.8) is 0 Å². The van der Waals surface area contributed by atoms with E-state index in [1.54, 1.807) is 67.3 Å². The van der Waals surface area contributed by atoms with Crippen molar-refractivity contribution in [1.29, 1.82) is 0 Å². The van der Waals surface area contributed by atoms with Gasteiger partial charge in [-0.3, -0.25) is 19.1 Å². The lowest BCUT2D eigenvalue weighted by Gasteiger charge is -2.29.